The number of pyridine rings is 1. The molecule has 0 saturated heterocycles. The van der Waals surface area contributed by atoms with E-state index in [1.54, 1.807) is 12.1 Å². The highest BCUT2D eigenvalue weighted by atomic mass is 32.2. The van der Waals surface area contributed by atoms with Crippen molar-refractivity contribution in [2.24, 2.45) is 0 Å². The topological polar surface area (TPSA) is 93.2 Å². The Morgan fingerprint density at radius 1 is 0.967 bits per heavy atom. The van der Waals surface area contributed by atoms with Gasteiger partial charge < -0.3 is 14.9 Å². The van der Waals surface area contributed by atoms with Crippen LogP contribution in [-0.2, 0) is 14.4 Å². The molecule has 1 heterocycles. The number of aryl methyl sites for hydroxylation is 1. The van der Waals surface area contributed by atoms with Gasteiger partial charge in [-0.2, -0.15) is 0 Å². The Morgan fingerprint density at radius 2 is 1.57 bits per heavy atom. The van der Waals surface area contributed by atoms with E-state index in [0.717, 1.165) is 23.0 Å². The van der Waals surface area contributed by atoms with Crippen LogP contribution in [-0.4, -0.2) is 42.3 Å². The molecule has 0 saturated carbocycles. The number of Topliss-reactive ketones (excluding diaryl/α,β-unsaturated/α-hetero) is 1. The van der Waals surface area contributed by atoms with Crippen LogP contribution in [0.2, 0.25) is 0 Å². The summed E-state index contributed by atoms with van der Waals surface area (Å²) in [5.74, 6) is 0.201. The molecule has 1 aromatic heterocycles. The summed E-state index contributed by atoms with van der Waals surface area (Å²) in [5.41, 5.74) is 3.95. The molecular weight excluding hydrogens is 400 g/mol. The first-order chi connectivity index (χ1) is 14.5. The number of ketones is 1. The molecule has 0 aliphatic carbocycles. The van der Waals surface area contributed by atoms with E-state index in [-0.39, 0.29) is 16.7 Å². The maximum absolute atomic E-state index is 11.6. The van der Waals surface area contributed by atoms with Gasteiger partial charge in [-0.05, 0) is 42.8 Å². The number of carbonyl (C=O) groups is 4. The molecule has 2 aromatic carbocycles. The quantitative estimate of drug-likeness (QED) is 0.619. The van der Waals surface area contributed by atoms with Crippen LogP contribution in [0.3, 0.4) is 0 Å². The van der Waals surface area contributed by atoms with Crippen molar-refractivity contribution in [2.45, 2.75) is 13.8 Å². The lowest BCUT2D eigenvalue weighted by Gasteiger charge is -2.02. The highest BCUT2D eigenvalue weighted by Crippen LogP contribution is 2.14. The van der Waals surface area contributed by atoms with E-state index in [0.29, 0.717) is 5.56 Å². The minimum atomic E-state index is -0.0322. The van der Waals surface area contributed by atoms with E-state index in [2.05, 4.69) is 41.5 Å². The van der Waals surface area contributed by atoms with Gasteiger partial charge in [0.1, 0.15) is 13.6 Å². The van der Waals surface area contributed by atoms with Gasteiger partial charge >= 0.3 is 0 Å². The number of benzene rings is 2. The monoisotopic (exact) mass is 426 g/mol. The van der Waals surface area contributed by atoms with Crippen LogP contribution >= 0.6 is 11.8 Å². The van der Waals surface area contributed by atoms with E-state index in [1.165, 1.54) is 17.9 Å². The number of nitrogens with one attached hydrogen (secondary N) is 1. The zero-order valence-electron chi connectivity index (χ0n) is 17.4. The first-order valence-corrected chi connectivity index (χ1v) is 9.82. The van der Waals surface area contributed by atoms with Crippen LogP contribution in [0.25, 0.3) is 10.9 Å². The minimum absolute atomic E-state index is 0.0159. The molecule has 0 aliphatic heterocycles. The van der Waals surface area contributed by atoms with Crippen molar-refractivity contribution in [3.05, 3.63) is 71.9 Å². The second-order valence-corrected chi connectivity index (χ2v) is 6.83. The van der Waals surface area contributed by atoms with Crippen molar-refractivity contribution in [3.8, 4) is 0 Å². The lowest BCUT2D eigenvalue weighted by atomic mass is 10.1. The van der Waals surface area contributed by atoms with Gasteiger partial charge in [0.25, 0.3) is 0 Å². The first kappa shape index (κ1) is 26.7. The number of hydrogen-bond donors (Lipinski definition) is 1. The Balaban J connectivity index is 0.000000494. The summed E-state index contributed by atoms with van der Waals surface area (Å²) in [6.45, 7) is 7.54. The Hall–Kier alpha value is -3.32. The average Bonchev–Trinajstić information content (AvgIpc) is 2.81. The Morgan fingerprint density at radius 3 is 2.10 bits per heavy atom. The van der Waals surface area contributed by atoms with Gasteiger partial charge in [0, 0.05) is 36.8 Å². The van der Waals surface area contributed by atoms with Gasteiger partial charge in [-0.15, -0.1) is 0 Å². The fourth-order valence-corrected chi connectivity index (χ4v) is 2.83. The number of para-hydroxylation sites is 1. The predicted octanol–water partition coefficient (Wildman–Crippen LogP) is 4.36. The van der Waals surface area contributed by atoms with Crippen LogP contribution in [0.15, 0.2) is 60.8 Å². The molecule has 0 amide bonds. The van der Waals surface area contributed by atoms with Gasteiger partial charge in [-0.25, -0.2) is 0 Å². The summed E-state index contributed by atoms with van der Waals surface area (Å²) >= 11 is 1.04. The highest BCUT2D eigenvalue weighted by Gasteiger charge is 2.07. The van der Waals surface area contributed by atoms with Crippen LogP contribution < -0.4 is 5.32 Å². The standard InChI is InChI=1S/C11H13NO2S.C10H9N.2CH2O/c1-8(13)15-7-11(14)9-3-5-10(12-2)6-4-9;1-8-4-2-5-9-6-3-7-11-10(8)9;2*1-2/h3-6,12H,7H2,1-2H3;2-7H,1H3;2*1H2. The van der Waals surface area contributed by atoms with Crippen molar-refractivity contribution in [2.75, 3.05) is 18.1 Å². The molecule has 0 radical (unpaired) electrons. The third kappa shape index (κ3) is 9.25. The summed E-state index contributed by atoms with van der Waals surface area (Å²) in [4.78, 5) is 42.5. The third-order valence-corrected chi connectivity index (χ3v) is 4.55. The van der Waals surface area contributed by atoms with Crippen LogP contribution in [0, 0.1) is 6.92 Å². The number of rotatable bonds is 4. The molecule has 0 atom stereocenters. The lowest BCUT2D eigenvalue weighted by molar-refractivity contribution is -0.109. The van der Waals surface area contributed by atoms with Crippen molar-refractivity contribution >= 4 is 52.8 Å². The molecule has 3 aromatic rings. The maximum Gasteiger partial charge on any atom is 0.186 e. The van der Waals surface area contributed by atoms with Gasteiger partial charge in [-0.3, -0.25) is 14.6 Å². The Labute approximate surface area is 181 Å². The van der Waals surface area contributed by atoms with Crippen molar-refractivity contribution in [1.82, 2.24) is 4.98 Å². The Kier molecular flexibility index (Phi) is 13.9. The normalized spacial score (nSPS) is 8.90. The smallest absolute Gasteiger partial charge is 0.186 e. The van der Waals surface area contributed by atoms with Crippen molar-refractivity contribution in [1.29, 1.82) is 0 Å². The van der Waals surface area contributed by atoms with Gasteiger partial charge in [-0.1, -0.05) is 36.0 Å². The van der Waals surface area contributed by atoms with Gasteiger partial charge in [0.2, 0.25) is 0 Å². The van der Waals surface area contributed by atoms with Crippen molar-refractivity contribution in [3.63, 3.8) is 0 Å². The molecule has 1 N–H and O–H groups in total. The summed E-state index contributed by atoms with van der Waals surface area (Å²) in [6, 6.07) is 17.4. The molecule has 6 nitrogen and oxygen atoms in total. The number of nitrogens with zero attached hydrogens (tertiary/aromatic N) is 1. The third-order valence-electron chi connectivity index (χ3n) is 3.74. The number of fused-ring (bicyclic) bond motifs is 1. The molecule has 3 rings (SSSR count). The molecule has 0 unspecified atom stereocenters. The van der Waals surface area contributed by atoms with Crippen LogP contribution in [0.4, 0.5) is 5.69 Å². The lowest BCUT2D eigenvalue weighted by Crippen LogP contribution is -2.04. The molecule has 30 heavy (non-hydrogen) atoms. The van der Waals surface area contributed by atoms with E-state index in [1.807, 2.05) is 45.0 Å². The van der Waals surface area contributed by atoms with Gasteiger partial charge in [0.15, 0.2) is 10.9 Å². The number of anilines is 1. The number of carbonyl (C=O) groups excluding carboxylic acids is 4. The van der Waals surface area contributed by atoms with Crippen LogP contribution in [0.1, 0.15) is 22.8 Å². The zero-order chi connectivity index (χ0) is 22.9. The largest absolute Gasteiger partial charge is 0.388 e. The molecule has 158 valence electrons. The fraction of sp³-hybridized carbons (Fsp3) is 0.174. The number of hydrogen-bond acceptors (Lipinski definition) is 7. The average molecular weight is 427 g/mol. The predicted molar refractivity (Wildman–Crippen MR) is 124 cm³/mol. The minimum Gasteiger partial charge on any atom is -0.388 e. The molecular formula is C23H26N2O4S. The van der Waals surface area contributed by atoms with E-state index in [9.17, 15) is 9.59 Å². The molecule has 0 aliphatic rings. The van der Waals surface area contributed by atoms with E-state index < -0.39 is 0 Å². The maximum atomic E-state index is 11.6. The summed E-state index contributed by atoms with van der Waals surface area (Å²) < 4.78 is 0. The van der Waals surface area contributed by atoms with Gasteiger partial charge in [0.05, 0.1) is 11.3 Å². The van der Waals surface area contributed by atoms with Crippen LogP contribution in [0.5, 0.6) is 0 Å². The van der Waals surface area contributed by atoms with E-state index in [4.69, 9.17) is 9.59 Å². The number of aromatic nitrogens is 1. The second-order valence-electron chi connectivity index (χ2n) is 5.68. The van der Waals surface area contributed by atoms with Crippen molar-refractivity contribution < 1.29 is 19.2 Å². The zero-order valence-corrected chi connectivity index (χ0v) is 18.2. The molecule has 0 spiro atoms. The summed E-state index contributed by atoms with van der Waals surface area (Å²) in [7, 11) is 1.82. The summed E-state index contributed by atoms with van der Waals surface area (Å²) in [6.07, 6.45) is 1.83. The fourth-order valence-electron chi connectivity index (χ4n) is 2.33. The Bertz CT molecular complexity index is 923. The number of thioether (sulfide) groups is 1. The summed E-state index contributed by atoms with van der Waals surface area (Å²) in [5, 5.41) is 4.16. The molecule has 0 fully saturated rings. The SMILES string of the molecule is C=O.C=O.CNc1ccc(C(=O)CSC(C)=O)cc1.Cc1cccc2cccnc12. The highest BCUT2D eigenvalue weighted by molar-refractivity contribution is 8.14. The molecule has 0 bridgehead atoms. The first-order valence-electron chi connectivity index (χ1n) is 8.83. The molecule has 7 heteroatoms. The second kappa shape index (κ2) is 15.6. The van der Waals surface area contributed by atoms with E-state index >= 15 is 0 Å².